The molecule has 0 bridgehead atoms. The predicted octanol–water partition coefficient (Wildman–Crippen LogP) is 4.12. The fourth-order valence-corrected chi connectivity index (χ4v) is 3.07. The third kappa shape index (κ3) is 4.58. The molecule has 1 heterocycles. The van der Waals surface area contributed by atoms with Crippen LogP contribution >= 0.6 is 0 Å². The molecule has 0 fully saturated rings. The van der Waals surface area contributed by atoms with E-state index in [-0.39, 0.29) is 16.1 Å². The predicted molar refractivity (Wildman–Crippen MR) is 91.1 cm³/mol. The SMILES string of the molecule is CCCCc1ccc(S(=O)(=O)Nc2cc(C(C)(C)C)on2)cc1. The quantitative estimate of drug-likeness (QED) is 0.861. The minimum Gasteiger partial charge on any atom is -0.359 e. The van der Waals surface area contributed by atoms with E-state index in [1.54, 1.807) is 18.2 Å². The van der Waals surface area contributed by atoms with Crippen molar-refractivity contribution in [2.75, 3.05) is 4.72 Å². The lowest BCUT2D eigenvalue weighted by molar-refractivity contribution is 0.331. The minimum absolute atomic E-state index is 0.199. The van der Waals surface area contributed by atoms with Gasteiger partial charge in [0, 0.05) is 11.5 Å². The first-order chi connectivity index (χ1) is 10.7. The van der Waals surface area contributed by atoms with E-state index < -0.39 is 10.0 Å². The average Bonchev–Trinajstić information content (AvgIpc) is 2.93. The van der Waals surface area contributed by atoms with Crippen molar-refractivity contribution in [2.45, 2.75) is 57.3 Å². The van der Waals surface area contributed by atoms with Crippen LogP contribution in [0.2, 0.25) is 0 Å². The molecule has 0 aliphatic carbocycles. The summed E-state index contributed by atoms with van der Waals surface area (Å²) in [4.78, 5) is 0.220. The maximum atomic E-state index is 12.4. The van der Waals surface area contributed by atoms with Crippen LogP contribution in [0.15, 0.2) is 39.8 Å². The van der Waals surface area contributed by atoms with Crippen LogP contribution in [0.3, 0.4) is 0 Å². The number of benzene rings is 1. The zero-order valence-corrected chi connectivity index (χ0v) is 14.9. The van der Waals surface area contributed by atoms with Crippen LogP contribution in [0.5, 0.6) is 0 Å². The lowest BCUT2D eigenvalue weighted by atomic mass is 9.93. The van der Waals surface area contributed by atoms with E-state index in [2.05, 4.69) is 16.8 Å². The monoisotopic (exact) mass is 336 g/mol. The van der Waals surface area contributed by atoms with E-state index in [9.17, 15) is 8.42 Å². The fourth-order valence-electron chi connectivity index (χ4n) is 2.09. The van der Waals surface area contributed by atoms with Gasteiger partial charge in [-0.05, 0) is 30.5 Å². The van der Waals surface area contributed by atoms with E-state index in [4.69, 9.17) is 4.52 Å². The highest BCUT2D eigenvalue weighted by Gasteiger charge is 2.22. The van der Waals surface area contributed by atoms with Gasteiger partial charge in [-0.15, -0.1) is 0 Å². The molecule has 1 aromatic carbocycles. The number of nitrogens with zero attached hydrogens (tertiary/aromatic N) is 1. The van der Waals surface area contributed by atoms with Gasteiger partial charge >= 0.3 is 0 Å². The second kappa shape index (κ2) is 6.74. The number of sulfonamides is 1. The second-order valence-electron chi connectivity index (χ2n) is 6.68. The van der Waals surface area contributed by atoms with Crippen LogP contribution in [0.25, 0.3) is 0 Å². The Morgan fingerprint density at radius 3 is 2.35 bits per heavy atom. The smallest absolute Gasteiger partial charge is 0.263 e. The Bertz CT molecular complexity index is 741. The number of hydrogen-bond donors (Lipinski definition) is 1. The van der Waals surface area contributed by atoms with E-state index >= 15 is 0 Å². The number of rotatable bonds is 6. The van der Waals surface area contributed by atoms with Crippen LogP contribution in [0.4, 0.5) is 5.82 Å². The van der Waals surface area contributed by atoms with Crippen molar-refractivity contribution in [3.8, 4) is 0 Å². The van der Waals surface area contributed by atoms with Gasteiger partial charge in [0.15, 0.2) is 5.82 Å². The Hall–Kier alpha value is -1.82. The van der Waals surface area contributed by atoms with Crippen molar-refractivity contribution in [2.24, 2.45) is 0 Å². The Labute approximate surface area is 138 Å². The summed E-state index contributed by atoms with van der Waals surface area (Å²) in [6, 6.07) is 8.57. The molecule has 0 saturated heterocycles. The molecule has 1 N–H and O–H groups in total. The summed E-state index contributed by atoms with van der Waals surface area (Å²) in [5.74, 6) is 0.829. The Morgan fingerprint density at radius 1 is 1.17 bits per heavy atom. The molecule has 6 heteroatoms. The van der Waals surface area contributed by atoms with E-state index in [0.717, 1.165) is 24.8 Å². The molecule has 23 heavy (non-hydrogen) atoms. The molecule has 2 aromatic rings. The van der Waals surface area contributed by atoms with Crippen molar-refractivity contribution < 1.29 is 12.9 Å². The van der Waals surface area contributed by atoms with Gasteiger partial charge in [-0.2, -0.15) is 0 Å². The minimum atomic E-state index is -3.66. The first-order valence-corrected chi connectivity index (χ1v) is 9.29. The fraction of sp³-hybridized carbons (Fsp3) is 0.471. The lowest BCUT2D eigenvalue weighted by Gasteiger charge is -2.12. The number of aromatic nitrogens is 1. The molecule has 5 nitrogen and oxygen atoms in total. The van der Waals surface area contributed by atoms with E-state index in [1.807, 2.05) is 32.9 Å². The maximum absolute atomic E-state index is 12.4. The molecule has 0 radical (unpaired) electrons. The van der Waals surface area contributed by atoms with Crippen LogP contribution in [0, 0.1) is 0 Å². The molecule has 126 valence electrons. The number of nitrogens with one attached hydrogen (secondary N) is 1. The van der Waals surface area contributed by atoms with Gasteiger partial charge in [0.2, 0.25) is 0 Å². The van der Waals surface area contributed by atoms with Gasteiger partial charge in [0.05, 0.1) is 4.90 Å². The molecule has 0 saturated carbocycles. The molecule has 0 amide bonds. The number of anilines is 1. The molecule has 1 aromatic heterocycles. The van der Waals surface area contributed by atoms with Crippen molar-refractivity contribution >= 4 is 15.8 Å². The number of aryl methyl sites for hydroxylation is 1. The average molecular weight is 336 g/mol. The van der Waals surface area contributed by atoms with Crippen molar-refractivity contribution in [1.29, 1.82) is 0 Å². The number of hydrogen-bond acceptors (Lipinski definition) is 4. The number of unbranched alkanes of at least 4 members (excludes halogenated alkanes) is 1. The summed E-state index contributed by atoms with van der Waals surface area (Å²) in [5.41, 5.74) is 0.916. The van der Waals surface area contributed by atoms with Crippen LogP contribution in [0.1, 0.15) is 51.9 Å². The van der Waals surface area contributed by atoms with Gasteiger partial charge < -0.3 is 4.52 Å². The van der Waals surface area contributed by atoms with Gasteiger partial charge in [0.25, 0.3) is 10.0 Å². The first kappa shape index (κ1) is 17.5. The molecule has 0 unspecified atom stereocenters. The highest BCUT2D eigenvalue weighted by atomic mass is 32.2. The largest absolute Gasteiger partial charge is 0.359 e. The Balaban J connectivity index is 2.14. The van der Waals surface area contributed by atoms with Crippen molar-refractivity contribution in [3.05, 3.63) is 41.7 Å². The summed E-state index contributed by atoms with van der Waals surface area (Å²) in [6.07, 6.45) is 3.17. The summed E-state index contributed by atoms with van der Waals surface area (Å²) in [7, 11) is -3.66. The van der Waals surface area contributed by atoms with Crippen molar-refractivity contribution in [3.63, 3.8) is 0 Å². The molecule has 0 spiro atoms. The van der Waals surface area contributed by atoms with Gasteiger partial charge in [-0.25, -0.2) is 8.42 Å². The first-order valence-electron chi connectivity index (χ1n) is 7.81. The summed E-state index contributed by atoms with van der Waals surface area (Å²) in [5, 5.41) is 3.79. The lowest BCUT2D eigenvalue weighted by Crippen LogP contribution is -2.13. The summed E-state index contributed by atoms with van der Waals surface area (Å²) >= 11 is 0. The topological polar surface area (TPSA) is 72.2 Å². The summed E-state index contributed by atoms with van der Waals surface area (Å²) in [6.45, 7) is 8.05. The molecular weight excluding hydrogens is 312 g/mol. The molecule has 0 aliphatic heterocycles. The highest BCUT2D eigenvalue weighted by Crippen LogP contribution is 2.25. The second-order valence-corrected chi connectivity index (χ2v) is 8.36. The van der Waals surface area contributed by atoms with E-state index in [1.165, 1.54) is 0 Å². The van der Waals surface area contributed by atoms with Crippen LogP contribution in [-0.4, -0.2) is 13.6 Å². The van der Waals surface area contributed by atoms with Crippen LogP contribution < -0.4 is 4.72 Å². The molecule has 0 atom stereocenters. The Morgan fingerprint density at radius 2 is 1.83 bits per heavy atom. The Kier molecular flexibility index (Phi) is 5.14. The molecule has 0 aliphatic rings. The summed E-state index contributed by atoms with van der Waals surface area (Å²) < 4.78 is 32.4. The van der Waals surface area contributed by atoms with Gasteiger partial charge in [-0.3, -0.25) is 4.72 Å². The maximum Gasteiger partial charge on any atom is 0.263 e. The third-order valence-corrected chi connectivity index (χ3v) is 4.91. The van der Waals surface area contributed by atoms with E-state index in [0.29, 0.717) is 5.76 Å². The zero-order valence-electron chi connectivity index (χ0n) is 14.1. The molecule has 2 rings (SSSR count). The van der Waals surface area contributed by atoms with Gasteiger partial charge in [-0.1, -0.05) is 51.4 Å². The third-order valence-electron chi connectivity index (χ3n) is 3.54. The molecular formula is C17H24N2O3S. The van der Waals surface area contributed by atoms with Crippen molar-refractivity contribution in [1.82, 2.24) is 5.16 Å². The zero-order chi connectivity index (χ0) is 17.1. The highest BCUT2D eigenvalue weighted by molar-refractivity contribution is 7.92. The standard InChI is InChI=1S/C17H24N2O3S/c1-5-6-7-13-8-10-14(11-9-13)23(20,21)19-16-12-15(22-18-16)17(2,3)4/h8-12H,5-7H2,1-4H3,(H,18,19). The normalized spacial score (nSPS) is 12.3. The van der Waals surface area contributed by atoms with Gasteiger partial charge in [0.1, 0.15) is 5.76 Å². The van der Waals surface area contributed by atoms with Crippen LogP contribution in [-0.2, 0) is 21.9 Å².